The van der Waals surface area contributed by atoms with Crippen molar-refractivity contribution in [1.29, 1.82) is 0 Å². The van der Waals surface area contributed by atoms with Crippen molar-refractivity contribution in [3.8, 4) is 11.3 Å². The van der Waals surface area contributed by atoms with E-state index >= 15 is 0 Å². The lowest BCUT2D eigenvalue weighted by molar-refractivity contribution is 0.146. The maximum Gasteiger partial charge on any atom is 0.417 e. The van der Waals surface area contributed by atoms with E-state index in [0.29, 0.717) is 0 Å². The number of oxazole rings is 1. The Hall–Kier alpha value is -2.06. The van der Waals surface area contributed by atoms with Crippen LogP contribution < -0.4 is 5.76 Å². The number of rotatable bonds is 2. The lowest BCUT2D eigenvalue weighted by atomic mass is 10.1. The van der Waals surface area contributed by atoms with Gasteiger partial charge in [0.05, 0.1) is 11.9 Å². The van der Waals surface area contributed by atoms with E-state index in [4.69, 9.17) is 27.6 Å². The molecule has 1 N–H and O–H groups in total. The summed E-state index contributed by atoms with van der Waals surface area (Å²) in [5.41, 5.74) is -0.890. The third kappa shape index (κ3) is 2.34. The van der Waals surface area contributed by atoms with E-state index in [-0.39, 0.29) is 27.4 Å². The van der Waals surface area contributed by atoms with E-state index in [1.165, 1.54) is 0 Å². The van der Waals surface area contributed by atoms with Crippen molar-refractivity contribution in [3.63, 3.8) is 0 Å². The number of nitrogens with zero attached hydrogens (tertiary/aromatic N) is 2. The number of aromatic amines is 1. The van der Waals surface area contributed by atoms with Gasteiger partial charge in [0.1, 0.15) is 22.1 Å². The first kappa shape index (κ1) is 14.9. The van der Waals surface area contributed by atoms with Gasteiger partial charge >= 0.3 is 5.76 Å². The molecule has 0 atom stereocenters. The fraction of sp³-hybridized carbons (Fsp3) is 0.0833. The van der Waals surface area contributed by atoms with Crippen LogP contribution in [0.5, 0.6) is 0 Å². The largest absolute Gasteiger partial charge is 0.417 e. The Labute approximate surface area is 129 Å². The lowest BCUT2D eigenvalue weighted by Crippen LogP contribution is -1.97. The van der Waals surface area contributed by atoms with Crippen molar-refractivity contribution in [3.05, 3.63) is 44.5 Å². The zero-order valence-electron chi connectivity index (χ0n) is 10.3. The van der Waals surface area contributed by atoms with Crippen LogP contribution in [0, 0.1) is 5.82 Å². The van der Waals surface area contributed by atoms with Crippen molar-refractivity contribution in [2.45, 2.75) is 6.43 Å². The van der Waals surface area contributed by atoms with Crippen molar-refractivity contribution in [2.24, 2.45) is 0 Å². The first-order valence-corrected chi connectivity index (χ1v) is 6.46. The number of halogens is 5. The topological polar surface area (TPSA) is 71.8 Å². The standard InChI is InChI=1S/C12H4Cl2F3N3O2/c13-6-4(15)1-3(9-7(6)20-12(21)22-9)5-2-18-8(11(16)17)10(14)19-5/h1-2,11H,(H,20,21). The Kier molecular flexibility index (Phi) is 3.57. The normalized spacial score (nSPS) is 11.5. The zero-order valence-corrected chi connectivity index (χ0v) is 11.8. The summed E-state index contributed by atoms with van der Waals surface area (Å²) in [4.78, 5) is 20.7. The molecular weight excluding hydrogens is 346 g/mol. The third-order valence-electron chi connectivity index (χ3n) is 2.83. The summed E-state index contributed by atoms with van der Waals surface area (Å²) in [6, 6.07) is 0.948. The average molecular weight is 350 g/mol. The quantitative estimate of drug-likeness (QED) is 0.759. The van der Waals surface area contributed by atoms with Crippen molar-refractivity contribution < 1.29 is 17.6 Å². The van der Waals surface area contributed by atoms with Gasteiger partial charge in [0, 0.05) is 5.56 Å². The second-order valence-corrected chi connectivity index (χ2v) is 4.91. The molecule has 0 aliphatic carbocycles. The number of benzene rings is 1. The SMILES string of the molecule is O=c1[nH]c2c(Cl)c(F)cc(-c3cnc(C(F)F)c(Cl)n3)c2o1. The maximum absolute atomic E-state index is 13.8. The zero-order chi connectivity index (χ0) is 16.0. The number of hydrogen-bond acceptors (Lipinski definition) is 4. The van der Waals surface area contributed by atoms with Crippen molar-refractivity contribution >= 4 is 34.3 Å². The third-order valence-corrected chi connectivity index (χ3v) is 3.48. The van der Waals surface area contributed by atoms with E-state index in [9.17, 15) is 18.0 Å². The molecule has 0 saturated carbocycles. The molecule has 0 spiro atoms. The van der Waals surface area contributed by atoms with E-state index in [2.05, 4.69) is 15.0 Å². The second-order valence-electron chi connectivity index (χ2n) is 4.17. The number of alkyl halides is 2. The molecule has 0 amide bonds. The predicted octanol–water partition coefficient (Wildman–Crippen LogP) is 3.96. The van der Waals surface area contributed by atoms with Gasteiger partial charge in [0.15, 0.2) is 10.7 Å². The number of nitrogens with one attached hydrogen (secondary N) is 1. The van der Waals surface area contributed by atoms with E-state index in [1.807, 2.05) is 0 Å². The molecule has 0 bridgehead atoms. The van der Waals surface area contributed by atoms with Gasteiger partial charge in [-0.2, -0.15) is 0 Å². The highest BCUT2D eigenvalue weighted by atomic mass is 35.5. The predicted molar refractivity (Wildman–Crippen MR) is 72.8 cm³/mol. The van der Waals surface area contributed by atoms with Crippen molar-refractivity contribution in [1.82, 2.24) is 15.0 Å². The molecule has 22 heavy (non-hydrogen) atoms. The second kappa shape index (κ2) is 5.29. The van der Waals surface area contributed by atoms with Gasteiger partial charge in [0.2, 0.25) is 0 Å². The number of hydrogen-bond donors (Lipinski definition) is 1. The summed E-state index contributed by atoms with van der Waals surface area (Å²) in [5.74, 6) is -1.70. The molecular formula is C12H4Cl2F3N3O2. The van der Waals surface area contributed by atoms with Gasteiger partial charge in [-0.05, 0) is 6.07 Å². The number of fused-ring (bicyclic) bond motifs is 1. The molecule has 2 aromatic heterocycles. The molecule has 0 fully saturated rings. The molecule has 1 aromatic carbocycles. The Balaban J connectivity index is 2.29. The molecule has 2 heterocycles. The highest BCUT2D eigenvalue weighted by Gasteiger charge is 2.20. The summed E-state index contributed by atoms with van der Waals surface area (Å²) in [6.45, 7) is 0. The van der Waals surface area contributed by atoms with Gasteiger partial charge in [-0.15, -0.1) is 0 Å². The molecule has 0 radical (unpaired) electrons. The minimum absolute atomic E-state index is 0.00506. The molecule has 0 unspecified atom stereocenters. The minimum Gasteiger partial charge on any atom is -0.407 e. The van der Waals surface area contributed by atoms with Gasteiger partial charge in [0.25, 0.3) is 6.43 Å². The van der Waals surface area contributed by atoms with Crippen LogP contribution >= 0.6 is 23.2 Å². The first-order chi connectivity index (χ1) is 10.4. The highest BCUT2D eigenvalue weighted by Crippen LogP contribution is 2.34. The molecule has 0 aliphatic rings. The van der Waals surface area contributed by atoms with Crippen molar-refractivity contribution in [2.75, 3.05) is 0 Å². The summed E-state index contributed by atoms with van der Waals surface area (Å²) in [6.07, 6.45) is -1.93. The van der Waals surface area contributed by atoms with Gasteiger partial charge in [-0.25, -0.2) is 27.9 Å². The minimum atomic E-state index is -2.90. The Morgan fingerprint density at radius 3 is 2.68 bits per heavy atom. The molecule has 5 nitrogen and oxygen atoms in total. The summed E-state index contributed by atoms with van der Waals surface area (Å²) >= 11 is 11.4. The van der Waals surface area contributed by atoms with E-state index in [1.54, 1.807) is 0 Å². The van der Waals surface area contributed by atoms with Crippen LogP contribution in [0.1, 0.15) is 12.1 Å². The number of H-pyrrole nitrogens is 1. The van der Waals surface area contributed by atoms with Gasteiger partial charge < -0.3 is 4.42 Å². The first-order valence-electron chi connectivity index (χ1n) is 5.70. The molecule has 3 aromatic rings. The van der Waals surface area contributed by atoms with Crippen LogP contribution in [0.25, 0.3) is 22.4 Å². The van der Waals surface area contributed by atoms with Crippen LogP contribution in [0.4, 0.5) is 13.2 Å². The lowest BCUT2D eigenvalue weighted by Gasteiger charge is -2.06. The van der Waals surface area contributed by atoms with Gasteiger partial charge in [-0.3, -0.25) is 4.98 Å². The van der Waals surface area contributed by atoms with Gasteiger partial charge in [-0.1, -0.05) is 23.2 Å². The van der Waals surface area contributed by atoms with Crippen LogP contribution in [-0.4, -0.2) is 15.0 Å². The van der Waals surface area contributed by atoms with Crippen LogP contribution in [0.15, 0.2) is 21.5 Å². The van der Waals surface area contributed by atoms with E-state index < -0.39 is 28.8 Å². The summed E-state index contributed by atoms with van der Waals surface area (Å²) in [5, 5.41) is -0.873. The van der Waals surface area contributed by atoms with Crippen LogP contribution in [0.3, 0.4) is 0 Å². The van der Waals surface area contributed by atoms with Crippen LogP contribution in [0.2, 0.25) is 10.2 Å². The Morgan fingerprint density at radius 1 is 1.32 bits per heavy atom. The van der Waals surface area contributed by atoms with E-state index in [0.717, 1.165) is 12.3 Å². The monoisotopic (exact) mass is 349 g/mol. The average Bonchev–Trinajstić information content (AvgIpc) is 2.84. The van der Waals surface area contributed by atoms with Crippen LogP contribution in [-0.2, 0) is 0 Å². The molecule has 10 heteroatoms. The maximum atomic E-state index is 13.8. The fourth-order valence-corrected chi connectivity index (χ4v) is 2.30. The number of aromatic nitrogens is 3. The Morgan fingerprint density at radius 2 is 2.05 bits per heavy atom. The highest BCUT2D eigenvalue weighted by molar-refractivity contribution is 6.35. The molecule has 114 valence electrons. The molecule has 0 aliphatic heterocycles. The molecule has 0 saturated heterocycles. The Bertz CT molecular complexity index is 939. The summed E-state index contributed by atoms with van der Waals surface area (Å²) in [7, 11) is 0. The molecule has 3 rings (SSSR count). The summed E-state index contributed by atoms with van der Waals surface area (Å²) < 4.78 is 43.9. The fourth-order valence-electron chi connectivity index (χ4n) is 1.89. The smallest absolute Gasteiger partial charge is 0.407 e.